The number of benzene rings is 1. The van der Waals surface area contributed by atoms with Crippen molar-refractivity contribution in [1.29, 1.82) is 0 Å². The van der Waals surface area contributed by atoms with Gasteiger partial charge < -0.3 is 9.84 Å². The molecule has 0 aliphatic carbocycles. The molecule has 0 aliphatic heterocycles. The van der Waals surface area contributed by atoms with Gasteiger partial charge in [-0.15, -0.1) is 0 Å². The lowest BCUT2D eigenvalue weighted by molar-refractivity contribution is -0.137. The van der Waals surface area contributed by atoms with E-state index in [4.69, 9.17) is 9.84 Å². The number of carbonyl (C=O) groups is 2. The summed E-state index contributed by atoms with van der Waals surface area (Å²) in [7, 11) is 0. The first-order valence-electron chi connectivity index (χ1n) is 6.86. The molecule has 0 saturated heterocycles. The van der Waals surface area contributed by atoms with Crippen LogP contribution in [0.1, 0.15) is 37.0 Å². The maximum Gasteiger partial charge on any atom is 0.335 e. The molecule has 0 saturated carbocycles. The first kappa shape index (κ1) is 18.6. The molecule has 0 fully saturated rings. The number of esters is 1. The van der Waals surface area contributed by atoms with E-state index in [2.05, 4.69) is 6.92 Å². The topological polar surface area (TPSA) is 63.6 Å². The van der Waals surface area contributed by atoms with E-state index in [0.29, 0.717) is 12.2 Å². The highest BCUT2D eigenvalue weighted by Gasteiger charge is 1.96. The average molecular weight is 290 g/mol. The number of unbranched alkanes of at least 4 members (excludes halogenated alkanes) is 1. The van der Waals surface area contributed by atoms with Gasteiger partial charge in [-0.1, -0.05) is 49.8 Å². The number of carboxylic acid groups (broad SMARTS) is 1. The van der Waals surface area contributed by atoms with Crippen molar-refractivity contribution in [2.45, 2.75) is 26.7 Å². The quantitative estimate of drug-likeness (QED) is 0.374. The molecule has 4 heteroatoms. The fourth-order valence-electron chi connectivity index (χ4n) is 1.19. The number of hydrogen-bond donors (Lipinski definition) is 1. The van der Waals surface area contributed by atoms with Gasteiger partial charge in [-0.05, 0) is 25.5 Å². The lowest BCUT2D eigenvalue weighted by Crippen LogP contribution is -2.01. The molecule has 1 aromatic rings. The number of carboxylic acids is 1. The minimum atomic E-state index is -0.879. The van der Waals surface area contributed by atoms with Crippen LogP contribution in [-0.4, -0.2) is 23.7 Å². The zero-order valence-corrected chi connectivity index (χ0v) is 12.5. The summed E-state index contributed by atoms with van der Waals surface area (Å²) in [6, 6.07) is 8.30. The van der Waals surface area contributed by atoms with Crippen LogP contribution in [0.2, 0.25) is 0 Å². The third-order valence-electron chi connectivity index (χ3n) is 2.30. The van der Waals surface area contributed by atoms with Crippen LogP contribution in [-0.2, 0) is 9.53 Å². The van der Waals surface area contributed by atoms with Crippen LogP contribution < -0.4 is 0 Å². The van der Waals surface area contributed by atoms with Gasteiger partial charge in [0.05, 0.1) is 12.2 Å². The lowest BCUT2D eigenvalue weighted by Gasteiger charge is -1.97. The highest BCUT2D eigenvalue weighted by atomic mass is 16.5. The SMILES string of the molecule is C/C=C/C=C/C(=O)OCCCC.O=C(O)c1ccccc1. The molecule has 0 heterocycles. The Hall–Kier alpha value is -2.36. The molecule has 0 radical (unpaired) electrons. The maximum absolute atomic E-state index is 10.8. The highest BCUT2D eigenvalue weighted by molar-refractivity contribution is 5.87. The first-order valence-corrected chi connectivity index (χ1v) is 6.86. The summed E-state index contributed by atoms with van der Waals surface area (Å²) >= 11 is 0. The Balaban J connectivity index is 0.000000394. The van der Waals surface area contributed by atoms with E-state index >= 15 is 0 Å². The molecule has 1 N–H and O–H groups in total. The summed E-state index contributed by atoms with van der Waals surface area (Å²) in [5, 5.41) is 8.38. The molecular formula is C17H22O4. The molecule has 0 aromatic heterocycles. The summed E-state index contributed by atoms with van der Waals surface area (Å²) in [5.74, 6) is -1.14. The van der Waals surface area contributed by atoms with Crippen LogP contribution in [0.3, 0.4) is 0 Å². The second kappa shape index (κ2) is 12.7. The van der Waals surface area contributed by atoms with Crippen molar-refractivity contribution < 1.29 is 19.4 Å². The van der Waals surface area contributed by atoms with Gasteiger partial charge in [0.15, 0.2) is 0 Å². The van der Waals surface area contributed by atoms with E-state index < -0.39 is 5.97 Å². The average Bonchev–Trinajstić information content (AvgIpc) is 2.49. The summed E-state index contributed by atoms with van der Waals surface area (Å²) in [6.07, 6.45) is 8.73. The molecular weight excluding hydrogens is 268 g/mol. The van der Waals surface area contributed by atoms with Crippen LogP contribution >= 0.6 is 0 Å². The molecule has 21 heavy (non-hydrogen) atoms. The number of carbonyl (C=O) groups excluding carboxylic acids is 1. The standard InChI is InChI=1S/C10H16O2.C7H6O2/c1-3-5-7-8-10(11)12-9-6-4-2;8-7(9)6-4-2-1-3-5-6/h3,5,7-8H,4,6,9H2,1-2H3;1-5H,(H,8,9)/b5-3+,8-7+;. The Bertz CT molecular complexity index is 461. The van der Waals surface area contributed by atoms with Crippen LogP contribution in [0, 0.1) is 0 Å². The van der Waals surface area contributed by atoms with Gasteiger partial charge in [0.2, 0.25) is 0 Å². The fraction of sp³-hybridized carbons (Fsp3) is 0.294. The molecule has 0 aliphatic rings. The highest BCUT2D eigenvalue weighted by Crippen LogP contribution is 1.96. The van der Waals surface area contributed by atoms with E-state index in [0.717, 1.165) is 12.8 Å². The van der Waals surface area contributed by atoms with Crippen molar-refractivity contribution in [3.63, 3.8) is 0 Å². The van der Waals surface area contributed by atoms with Gasteiger partial charge >= 0.3 is 11.9 Å². The first-order chi connectivity index (χ1) is 10.1. The number of rotatable bonds is 6. The largest absolute Gasteiger partial charge is 0.478 e. The van der Waals surface area contributed by atoms with E-state index in [1.165, 1.54) is 6.08 Å². The van der Waals surface area contributed by atoms with Crippen LogP contribution in [0.5, 0.6) is 0 Å². The number of aromatic carboxylic acids is 1. The summed E-state index contributed by atoms with van der Waals surface area (Å²) in [5.41, 5.74) is 0.331. The van der Waals surface area contributed by atoms with E-state index in [1.54, 1.807) is 42.5 Å². The Morgan fingerprint density at radius 2 is 1.86 bits per heavy atom. The normalized spacial score (nSPS) is 10.2. The van der Waals surface area contributed by atoms with Crippen LogP contribution in [0.25, 0.3) is 0 Å². The summed E-state index contributed by atoms with van der Waals surface area (Å²) < 4.78 is 4.87. The van der Waals surface area contributed by atoms with E-state index in [-0.39, 0.29) is 5.97 Å². The second-order valence-corrected chi connectivity index (χ2v) is 4.08. The van der Waals surface area contributed by atoms with Gasteiger partial charge in [0, 0.05) is 6.08 Å². The Morgan fingerprint density at radius 1 is 1.19 bits per heavy atom. The zero-order chi connectivity index (χ0) is 15.9. The van der Waals surface area contributed by atoms with Crippen LogP contribution in [0.4, 0.5) is 0 Å². The molecule has 0 bridgehead atoms. The predicted molar refractivity (Wildman–Crippen MR) is 83.2 cm³/mol. The second-order valence-electron chi connectivity index (χ2n) is 4.08. The van der Waals surface area contributed by atoms with Crippen molar-refractivity contribution in [2.24, 2.45) is 0 Å². The molecule has 1 aromatic carbocycles. The molecule has 0 atom stereocenters. The van der Waals surface area contributed by atoms with Crippen LogP contribution in [0.15, 0.2) is 54.6 Å². The van der Waals surface area contributed by atoms with Crippen molar-refractivity contribution in [2.75, 3.05) is 6.61 Å². The van der Waals surface area contributed by atoms with Gasteiger partial charge in [-0.2, -0.15) is 0 Å². The number of allylic oxidation sites excluding steroid dienone is 3. The van der Waals surface area contributed by atoms with Crippen molar-refractivity contribution in [3.8, 4) is 0 Å². The van der Waals surface area contributed by atoms with Crippen molar-refractivity contribution in [3.05, 3.63) is 60.2 Å². The monoisotopic (exact) mass is 290 g/mol. The van der Waals surface area contributed by atoms with Gasteiger partial charge in [0.1, 0.15) is 0 Å². The van der Waals surface area contributed by atoms with Crippen molar-refractivity contribution >= 4 is 11.9 Å². The van der Waals surface area contributed by atoms with Crippen molar-refractivity contribution in [1.82, 2.24) is 0 Å². The maximum atomic E-state index is 10.8. The summed E-state index contributed by atoms with van der Waals surface area (Å²) in [6.45, 7) is 4.48. The predicted octanol–water partition coefficient (Wildman–Crippen LogP) is 3.85. The molecule has 0 spiro atoms. The Labute approximate surface area is 125 Å². The van der Waals surface area contributed by atoms with Gasteiger partial charge in [-0.25, -0.2) is 9.59 Å². The number of ether oxygens (including phenoxy) is 1. The molecule has 0 amide bonds. The number of hydrogen-bond acceptors (Lipinski definition) is 3. The molecule has 114 valence electrons. The molecule has 0 unspecified atom stereocenters. The van der Waals surface area contributed by atoms with E-state index in [1.807, 2.05) is 13.0 Å². The fourth-order valence-corrected chi connectivity index (χ4v) is 1.19. The zero-order valence-electron chi connectivity index (χ0n) is 12.5. The Kier molecular flexibility index (Phi) is 11.2. The summed E-state index contributed by atoms with van der Waals surface area (Å²) in [4.78, 5) is 21.1. The minimum Gasteiger partial charge on any atom is -0.478 e. The third-order valence-corrected chi connectivity index (χ3v) is 2.30. The third kappa shape index (κ3) is 11.2. The Morgan fingerprint density at radius 3 is 2.33 bits per heavy atom. The van der Waals surface area contributed by atoms with Gasteiger partial charge in [0.25, 0.3) is 0 Å². The molecule has 1 rings (SSSR count). The smallest absolute Gasteiger partial charge is 0.335 e. The van der Waals surface area contributed by atoms with E-state index in [9.17, 15) is 9.59 Å². The minimum absolute atomic E-state index is 0.262. The van der Waals surface area contributed by atoms with Gasteiger partial charge in [-0.3, -0.25) is 0 Å². The lowest BCUT2D eigenvalue weighted by atomic mass is 10.2. The molecule has 4 nitrogen and oxygen atoms in total.